The Hall–Kier alpha value is -1.71. The van der Waals surface area contributed by atoms with Crippen LogP contribution in [0.4, 0.5) is 5.13 Å². The first-order valence-corrected chi connectivity index (χ1v) is 10.7. The Morgan fingerprint density at radius 2 is 2.28 bits per heavy atom. The maximum absolute atomic E-state index is 12.4. The molecular formula is C16H16N4O2S3. The molecule has 0 saturated heterocycles. The first-order chi connectivity index (χ1) is 12.1. The summed E-state index contributed by atoms with van der Waals surface area (Å²) in [5.74, 6) is 1.32. The molecule has 0 radical (unpaired) electrons. The fourth-order valence-electron chi connectivity index (χ4n) is 2.92. The number of aryl methyl sites for hydroxylation is 3. The molecule has 0 spiro atoms. The van der Waals surface area contributed by atoms with Gasteiger partial charge >= 0.3 is 0 Å². The van der Waals surface area contributed by atoms with Gasteiger partial charge in [0.2, 0.25) is 5.91 Å². The van der Waals surface area contributed by atoms with Gasteiger partial charge in [0.15, 0.2) is 5.13 Å². The molecule has 0 atom stereocenters. The van der Waals surface area contributed by atoms with Crippen LogP contribution in [-0.2, 0) is 23.4 Å². The van der Waals surface area contributed by atoms with Crippen LogP contribution in [0, 0.1) is 6.92 Å². The molecule has 6 nitrogen and oxygen atoms in total. The van der Waals surface area contributed by atoms with E-state index in [0.29, 0.717) is 22.5 Å². The third kappa shape index (κ3) is 3.49. The highest BCUT2D eigenvalue weighted by molar-refractivity contribution is 7.99. The van der Waals surface area contributed by atoms with E-state index < -0.39 is 0 Å². The topological polar surface area (TPSA) is 87.7 Å². The molecule has 2 N–H and O–H groups in total. The van der Waals surface area contributed by atoms with Crippen molar-refractivity contribution in [2.24, 2.45) is 0 Å². The smallest absolute Gasteiger partial charge is 0.259 e. The summed E-state index contributed by atoms with van der Waals surface area (Å²) in [5.41, 5.74) is 1.13. The van der Waals surface area contributed by atoms with Gasteiger partial charge in [0.1, 0.15) is 10.7 Å². The summed E-state index contributed by atoms with van der Waals surface area (Å²) >= 11 is 4.51. The first-order valence-electron chi connectivity index (χ1n) is 7.93. The van der Waals surface area contributed by atoms with Gasteiger partial charge < -0.3 is 10.3 Å². The number of H-pyrrole nitrogens is 1. The van der Waals surface area contributed by atoms with E-state index in [4.69, 9.17) is 0 Å². The molecule has 0 aliphatic heterocycles. The van der Waals surface area contributed by atoms with Gasteiger partial charge in [-0.05, 0) is 31.7 Å². The van der Waals surface area contributed by atoms with E-state index in [2.05, 4.69) is 20.3 Å². The zero-order chi connectivity index (χ0) is 17.4. The molecule has 3 heterocycles. The van der Waals surface area contributed by atoms with Crippen LogP contribution in [0.5, 0.6) is 0 Å². The Morgan fingerprint density at radius 3 is 3.08 bits per heavy atom. The summed E-state index contributed by atoms with van der Waals surface area (Å²) < 4.78 is 0. The van der Waals surface area contributed by atoms with Crippen LogP contribution in [-0.4, -0.2) is 26.6 Å². The van der Waals surface area contributed by atoms with E-state index >= 15 is 0 Å². The number of fused-ring (bicyclic) bond motifs is 3. The van der Waals surface area contributed by atoms with Gasteiger partial charge in [-0.1, -0.05) is 0 Å². The Labute approximate surface area is 156 Å². The number of anilines is 1. The predicted molar refractivity (Wildman–Crippen MR) is 104 cm³/mol. The molecule has 0 unspecified atom stereocenters. The number of nitrogens with zero attached hydrogens (tertiary/aromatic N) is 2. The second kappa shape index (κ2) is 6.89. The van der Waals surface area contributed by atoms with Gasteiger partial charge in [0.05, 0.1) is 16.9 Å². The maximum atomic E-state index is 12.4. The number of thiazole rings is 1. The zero-order valence-electron chi connectivity index (χ0n) is 13.5. The number of hydrogen-bond donors (Lipinski definition) is 2. The van der Waals surface area contributed by atoms with Crippen molar-refractivity contribution < 1.29 is 4.79 Å². The minimum absolute atomic E-state index is 0.0530. The molecule has 9 heteroatoms. The Balaban J connectivity index is 1.40. The summed E-state index contributed by atoms with van der Waals surface area (Å²) in [6, 6.07) is 0. The highest BCUT2D eigenvalue weighted by Gasteiger charge is 2.21. The lowest BCUT2D eigenvalue weighted by atomic mass is 10.2. The number of rotatable bonds is 5. The van der Waals surface area contributed by atoms with Crippen molar-refractivity contribution in [1.29, 1.82) is 0 Å². The normalized spacial score (nSPS) is 13.3. The molecule has 0 bridgehead atoms. The molecule has 0 aromatic carbocycles. The third-order valence-corrected chi connectivity index (χ3v) is 6.92. The number of aromatic amines is 1. The van der Waals surface area contributed by atoms with E-state index in [1.165, 1.54) is 33.5 Å². The number of thiophene rings is 1. The Kier molecular flexibility index (Phi) is 4.61. The summed E-state index contributed by atoms with van der Waals surface area (Å²) in [5, 5.41) is 4.16. The molecule has 1 aliphatic rings. The molecule has 4 rings (SSSR count). The molecule has 3 aromatic rings. The van der Waals surface area contributed by atoms with Crippen molar-refractivity contribution in [3.05, 3.63) is 37.7 Å². The molecule has 3 aromatic heterocycles. The fourth-order valence-corrected chi connectivity index (χ4v) is 5.57. The van der Waals surface area contributed by atoms with Crippen molar-refractivity contribution in [3.63, 3.8) is 0 Å². The Bertz CT molecular complexity index is 1000. The number of thioether (sulfide) groups is 1. The van der Waals surface area contributed by atoms with Gasteiger partial charge in [-0.2, -0.15) is 0 Å². The zero-order valence-corrected chi connectivity index (χ0v) is 16.0. The minimum atomic E-state index is -0.0992. The van der Waals surface area contributed by atoms with Crippen LogP contribution in [0.2, 0.25) is 0 Å². The van der Waals surface area contributed by atoms with Crippen LogP contribution in [0.1, 0.15) is 27.6 Å². The monoisotopic (exact) mass is 392 g/mol. The lowest BCUT2D eigenvalue weighted by Gasteiger charge is -2.03. The third-order valence-electron chi connectivity index (χ3n) is 3.96. The van der Waals surface area contributed by atoms with E-state index in [9.17, 15) is 9.59 Å². The van der Waals surface area contributed by atoms with Gasteiger partial charge in [-0.25, -0.2) is 9.97 Å². The van der Waals surface area contributed by atoms with Crippen molar-refractivity contribution in [2.45, 2.75) is 31.9 Å². The van der Waals surface area contributed by atoms with Crippen molar-refractivity contribution in [3.8, 4) is 0 Å². The average Bonchev–Trinajstić information content (AvgIpc) is 3.23. The van der Waals surface area contributed by atoms with Gasteiger partial charge in [0.25, 0.3) is 5.56 Å². The van der Waals surface area contributed by atoms with Crippen LogP contribution in [0.25, 0.3) is 10.2 Å². The summed E-state index contributed by atoms with van der Waals surface area (Å²) in [4.78, 5) is 39.1. The molecular weight excluding hydrogens is 376 g/mol. The van der Waals surface area contributed by atoms with Gasteiger partial charge in [-0.15, -0.1) is 34.4 Å². The molecule has 25 heavy (non-hydrogen) atoms. The fraction of sp³-hybridized carbons (Fsp3) is 0.375. The van der Waals surface area contributed by atoms with Crippen molar-refractivity contribution in [1.82, 2.24) is 15.0 Å². The van der Waals surface area contributed by atoms with Crippen LogP contribution in [0.15, 0.2) is 11.0 Å². The highest BCUT2D eigenvalue weighted by atomic mass is 32.2. The van der Waals surface area contributed by atoms with E-state index in [1.807, 2.05) is 6.92 Å². The number of carbonyl (C=O) groups excluding carboxylic acids is 1. The standard InChI is InChI=1S/C16H16N4O2S3/c1-8-5-17-16(24-8)20-12(21)7-23-6-11-18-14(22)13-9-3-2-4-10(9)25-15(13)19-11/h5H,2-4,6-7H2,1H3,(H,17,20,21)(H,18,19,22). The second-order valence-corrected chi connectivity index (χ2v) is 9.17. The van der Waals surface area contributed by atoms with Crippen LogP contribution >= 0.6 is 34.4 Å². The van der Waals surface area contributed by atoms with Gasteiger partial charge in [0, 0.05) is 16.0 Å². The molecule has 1 aliphatic carbocycles. The van der Waals surface area contributed by atoms with Crippen molar-refractivity contribution >= 4 is 55.7 Å². The molecule has 1 amide bonds. The summed E-state index contributed by atoms with van der Waals surface area (Å²) in [7, 11) is 0. The van der Waals surface area contributed by atoms with E-state index in [-0.39, 0.29) is 11.5 Å². The van der Waals surface area contributed by atoms with E-state index in [1.54, 1.807) is 17.5 Å². The highest BCUT2D eigenvalue weighted by Crippen LogP contribution is 2.34. The predicted octanol–water partition coefficient (Wildman–Crippen LogP) is 3.11. The summed E-state index contributed by atoms with van der Waals surface area (Å²) in [6.45, 7) is 1.95. The SMILES string of the molecule is Cc1cnc(NC(=O)CSCc2nc3sc4c(c3c(=O)[nH]2)CCC4)s1. The molecule has 130 valence electrons. The number of aromatic nitrogens is 3. The quantitative estimate of drug-likeness (QED) is 0.697. The van der Waals surface area contributed by atoms with Crippen molar-refractivity contribution in [2.75, 3.05) is 11.1 Å². The first kappa shape index (κ1) is 16.7. The largest absolute Gasteiger partial charge is 0.309 e. The summed E-state index contributed by atoms with van der Waals surface area (Å²) in [6.07, 6.45) is 4.89. The Morgan fingerprint density at radius 1 is 1.40 bits per heavy atom. The lowest BCUT2D eigenvalue weighted by Crippen LogP contribution is -2.15. The van der Waals surface area contributed by atoms with Crippen LogP contribution in [0.3, 0.4) is 0 Å². The molecule has 0 saturated carbocycles. The second-order valence-electron chi connectivity index (χ2n) is 5.87. The number of hydrogen-bond acceptors (Lipinski definition) is 7. The molecule has 0 fully saturated rings. The lowest BCUT2D eigenvalue weighted by molar-refractivity contribution is -0.113. The average molecular weight is 393 g/mol. The van der Waals surface area contributed by atoms with E-state index in [0.717, 1.165) is 34.4 Å². The number of nitrogens with one attached hydrogen (secondary N) is 2. The van der Waals surface area contributed by atoms with Crippen LogP contribution < -0.4 is 10.9 Å². The maximum Gasteiger partial charge on any atom is 0.259 e. The minimum Gasteiger partial charge on any atom is -0.309 e. The number of carbonyl (C=O) groups is 1. The number of amides is 1. The van der Waals surface area contributed by atoms with Gasteiger partial charge in [-0.3, -0.25) is 9.59 Å².